The molecule has 128 valence electrons. The number of aromatic nitrogens is 1. The van der Waals surface area contributed by atoms with Crippen molar-refractivity contribution >= 4 is 23.2 Å². The van der Waals surface area contributed by atoms with E-state index in [1.165, 1.54) is 24.0 Å². The van der Waals surface area contributed by atoms with Gasteiger partial charge in [0.15, 0.2) is 0 Å². The number of nitrogens with one attached hydrogen (secondary N) is 1. The molecule has 0 aliphatic carbocycles. The molecular weight excluding hydrogens is 328 g/mol. The Morgan fingerprint density at radius 3 is 2.71 bits per heavy atom. The number of ether oxygens (including phenoxy) is 2. The molecule has 0 fully saturated rings. The number of carbonyl (C=O) groups is 2. The summed E-state index contributed by atoms with van der Waals surface area (Å²) >= 11 is 1.46. The Kier molecular flexibility index (Phi) is 6.74. The van der Waals surface area contributed by atoms with E-state index in [-0.39, 0.29) is 31.3 Å². The third kappa shape index (κ3) is 6.00. The Bertz CT molecular complexity index is 682. The van der Waals surface area contributed by atoms with Crippen LogP contribution in [0.25, 0.3) is 0 Å². The summed E-state index contributed by atoms with van der Waals surface area (Å²) in [4.78, 5) is 27.1. The van der Waals surface area contributed by atoms with Crippen molar-refractivity contribution < 1.29 is 19.1 Å². The highest BCUT2D eigenvalue weighted by molar-refractivity contribution is 7.09. The lowest BCUT2D eigenvalue weighted by Gasteiger charge is -2.04. The second-order valence-corrected chi connectivity index (χ2v) is 6.13. The maximum absolute atomic E-state index is 11.8. The zero-order chi connectivity index (χ0) is 17.4. The number of esters is 1. The minimum Gasteiger partial charge on any atom is -0.486 e. The van der Waals surface area contributed by atoms with Crippen LogP contribution in [0.4, 0.5) is 0 Å². The smallest absolute Gasteiger partial charge is 0.307 e. The van der Waals surface area contributed by atoms with Gasteiger partial charge >= 0.3 is 5.97 Å². The van der Waals surface area contributed by atoms with Crippen molar-refractivity contribution in [1.29, 1.82) is 0 Å². The highest BCUT2D eigenvalue weighted by atomic mass is 32.1. The van der Waals surface area contributed by atoms with Crippen LogP contribution in [-0.2, 0) is 27.4 Å². The lowest BCUT2D eigenvalue weighted by molar-refractivity contribution is -0.140. The number of methoxy groups -OCH3 is 1. The topological polar surface area (TPSA) is 77.5 Å². The van der Waals surface area contributed by atoms with Gasteiger partial charge in [-0.3, -0.25) is 9.59 Å². The minimum absolute atomic E-state index is 0.162. The molecular formula is C17H20N2O4S. The molecule has 1 aromatic heterocycles. The Hall–Kier alpha value is -2.41. The average molecular weight is 348 g/mol. The summed E-state index contributed by atoms with van der Waals surface area (Å²) in [6.07, 6.45) is 0.344. The highest BCUT2D eigenvalue weighted by Crippen LogP contribution is 2.16. The number of carbonyl (C=O) groups excluding carboxylic acids is 2. The Labute approximate surface area is 144 Å². The molecule has 1 N–H and O–H groups in total. The lowest BCUT2D eigenvalue weighted by atomic mass is 10.2. The predicted octanol–water partition coefficient (Wildman–Crippen LogP) is 2.25. The summed E-state index contributed by atoms with van der Waals surface area (Å²) < 4.78 is 10.2. The summed E-state index contributed by atoms with van der Waals surface area (Å²) in [7, 11) is 1.32. The van der Waals surface area contributed by atoms with Crippen molar-refractivity contribution in [3.05, 3.63) is 45.9 Å². The number of rotatable bonds is 8. The van der Waals surface area contributed by atoms with Crippen LogP contribution in [0.2, 0.25) is 0 Å². The van der Waals surface area contributed by atoms with E-state index in [1.54, 1.807) is 0 Å². The largest absolute Gasteiger partial charge is 0.486 e. The van der Waals surface area contributed by atoms with Gasteiger partial charge in [0, 0.05) is 11.9 Å². The molecule has 0 saturated heterocycles. The number of aryl methyl sites for hydroxylation is 1. The molecule has 0 aliphatic heterocycles. The van der Waals surface area contributed by atoms with Crippen molar-refractivity contribution in [2.24, 2.45) is 0 Å². The summed E-state index contributed by atoms with van der Waals surface area (Å²) in [5.74, 6) is 0.271. The molecule has 2 rings (SSSR count). The molecule has 1 amide bonds. The van der Waals surface area contributed by atoms with Gasteiger partial charge in [0.2, 0.25) is 5.91 Å². The van der Waals surface area contributed by atoms with Gasteiger partial charge in [0.05, 0.1) is 25.6 Å². The van der Waals surface area contributed by atoms with Crippen LogP contribution < -0.4 is 10.1 Å². The molecule has 0 bridgehead atoms. The molecule has 0 unspecified atom stereocenters. The summed E-state index contributed by atoms with van der Waals surface area (Å²) in [5, 5.41) is 5.32. The third-order valence-corrected chi connectivity index (χ3v) is 4.07. The molecule has 24 heavy (non-hydrogen) atoms. The van der Waals surface area contributed by atoms with E-state index in [0.29, 0.717) is 12.3 Å². The van der Waals surface area contributed by atoms with Gasteiger partial charge in [-0.2, -0.15) is 0 Å². The zero-order valence-corrected chi connectivity index (χ0v) is 14.5. The maximum atomic E-state index is 11.8. The molecule has 1 heterocycles. The molecule has 0 saturated carbocycles. The van der Waals surface area contributed by atoms with Gasteiger partial charge in [-0.1, -0.05) is 17.7 Å². The molecule has 7 heteroatoms. The summed E-state index contributed by atoms with van der Waals surface area (Å²) in [5.41, 5.74) is 1.87. The predicted molar refractivity (Wildman–Crippen MR) is 91.0 cm³/mol. The summed E-state index contributed by atoms with van der Waals surface area (Å²) in [6, 6.07) is 7.81. The second-order valence-electron chi connectivity index (χ2n) is 5.19. The van der Waals surface area contributed by atoms with Crippen LogP contribution in [0.1, 0.15) is 22.7 Å². The fourth-order valence-electron chi connectivity index (χ4n) is 1.91. The maximum Gasteiger partial charge on any atom is 0.307 e. The number of thiazole rings is 1. The number of hydrogen-bond acceptors (Lipinski definition) is 6. The van der Waals surface area contributed by atoms with Crippen LogP contribution >= 0.6 is 11.3 Å². The number of hydrogen-bond donors (Lipinski definition) is 1. The monoisotopic (exact) mass is 348 g/mol. The first-order chi connectivity index (χ1) is 11.6. The lowest BCUT2D eigenvalue weighted by Crippen LogP contribution is -2.27. The molecule has 2 aromatic rings. The first-order valence-corrected chi connectivity index (χ1v) is 8.41. The van der Waals surface area contributed by atoms with E-state index >= 15 is 0 Å². The average Bonchev–Trinajstić information content (AvgIpc) is 3.01. The second kappa shape index (κ2) is 9.02. The normalized spacial score (nSPS) is 10.2. The highest BCUT2D eigenvalue weighted by Gasteiger charge is 2.09. The number of nitrogens with zero attached hydrogens (tertiary/aromatic N) is 1. The first kappa shape index (κ1) is 17.9. The fraction of sp³-hybridized carbons (Fsp3) is 0.353. The van der Waals surface area contributed by atoms with Gasteiger partial charge in [0.25, 0.3) is 0 Å². The first-order valence-electron chi connectivity index (χ1n) is 7.53. The van der Waals surface area contributed by atoms with Gasteiger partial charge in [-0.15, -0.1) is 11.3 Å². The van der Waals surface area contributed by atoms with Crippen LogP contribution in [0.5, 0.6) is 5.75 Å². The van der Waals surface area contributed by atoms with Crippen LogP contribution in [0.15, 0.2) is 29.6 Å². The molecule has 0 atom stereocenters. The molecule has 0 radical (unpaired) electrons. The van der Waals surface area contributed by atoms with Crippen molar-refractivity contribution in [1.82, 2.24) is 10.3 Å². The fourth-order valence-corrected chi connectivity index (χ4v) is 2.61. The summed E-state index contributed by atoms with van der Waals surface area (Å²) in [6.45, 7) is 2.66. The van der Waals surface area contributed by atoms with E-state index < -0.39 is 0 Å². The molecule has 0 aliphatic rings. The van der Waals surface area contributed by atoms with Crippen LogP contribution in [0, 0.1) is 6.92 Å². The molecule has 0 spiro atoms. The van der Waals surface area contributed by atoms with Crippen molar-refractivity contribution in [3.8, 4) is 5.75 Å². The Morgan fingerprint density at radius 2 is 2.00 bits per heavy atom. The Balaban J connectivity index is 1.75. The van der Waals surface area contributed by atoms with Crippen LogP contribution in [0.3, 0.4) is 0 Å². The SMILES string of the molecule is COC(=O)CCNC(=O)Cc1csc(COc2ccc(C)cc2)n1. The molecule has 6 nitrogen and oxygen atoms in total. The van der Waals surface area contributed by atoms with E-state index in [0.717, 1.165) is 10.8 Å². The van der Waals surface area contributed by atoms with E-state index in [4.69, 9.17) is 4.74 Å². The van der Waals surface area contributed by atoms with Crippen molar-refractivity contribution in [2.75, 3.05) is 13.7 Å². The van der Waals surface area contributed by atoms with Crippen molar-refractivity contribution in [2.45, 2.75) is 26.4 Å². The Morgan fingerprint density at radius 1 is 1.25 bits per heavy atom. The number of benzene rings is 1. The third-order valence-electron chi connectivity index (χ3n) is 3.20. The van der Waals surface area contributed by atoms with E-state index in [1.807, 2.05) is 36.6 Å². The quantitative estimate of drug-likeness (QED) is 0.741. The van der Waals surface area contributed by atoms with Crippen molar-refractivity contribution in [3.63, 3.8) is 0 Å². The zero-order valence-electron chi connectivity index (χ0n) is 13.7. The van der Waals surface area contributed by atoms with Gasteiger partial charge in [0.1, 0.15) is 17.4 Å². The van der Waals surface area contributed by atoms with Crippen LogP contribution in [-0.4, -0.2) is 30.5 Å². The van der Waals surface area contributed by atoms with Gasteiger partial charge in [-0.25, -0.2) is 4.98 Å². The number of amides is 1. The standard InChI is InChI=1S/C17H20N2O4S/c1-12-3-5-14(6-4-12)23-10-16-19-13(11-24-16)9-15(20)18-8-7-17(21)22-2/h3-6,11H,7-10H2,1-2H3,(H,18,20). The van der Waals surface area contributed by atoms with E-state index in [2.05, 4.69) is 15.0 Å². The van der Waals surface area contributed by atoms with E-state index in [9.17, 15) is 9.59 Å². The molecule has 1 aromatic carbocycles. The minimum atomic E-state index is -0.348. The van der Waals surface area contributed by atoms with Gasteiger partial charge in [-0.05, 0) is 19.1 Å². The van der Waals surface area contributed by atoms with Gasteiger partial charge < -0.3 is 14.8 Å².